The summed E-state index contributed by atoms with van der Waals surface area (Å²) in [5, 5.41) is 3.53. The molecule has 1 N–H and O–H groups in total. The van der Waals surface area contributed by atoms with Gasteiger partial charge in [0.15, 0.2) is 0 Å². The van der Waals surface area contributed by atoms with Gasteiger partial charge in [0.2, 0.25) is 0 Å². The van der Waals surface area contributed by atoms with E-state index in [1.54, 1.807) is 0 Å². The Hall–Kier alpha value is -0.470. The van der Waals surface area contributed by atoms with Gasteiger partial charge in [0, 0.05) is 31.9 Å². The van der Waals surface area contributed by atoms with E-state index in [-0.39, 0.29) is 5.38 Å². The summed E-state index contributed by atoms with van der Waals surface area (Å²) in [4.78, 5) is 2.39. The van der Waals surface area contributed by atoms with Crippen molar-refractivity contribution in [3.8, 4) is 0 Å². The summed E-state index contributed by atoms with van der Waals surface area (Å²) < 4.78 is 0. The Morgan fingerprint density at radius 1 is 1.38 bits per heavy atom. The molecule has 0 saturated carbocycles. The van der Waals surface area contributed by atoms with Crippen molar-refractivity contribution in [2.24, 2.45) is 0 Å². The normalized spacial score (nSPS) is 28.8. The lowest BCUT2D eigenvalue weighted by Crippen LogP contribution is -2.42. The fraction of sp³-hybridized carbons (Fsp3) is 0.600. The number of hydrogen-bond donors (Lipinski definition) is 1. The SMILES string of the molecule is ClC1C=C(N2CCNCC2)C=CC1. The number of allylic oxidation sites excluding steroid dienone is 3. The minimum absolute atomic E-state index is 0.190. The molecule has 1 fully saturated rings. The highest BCUT2D eigenvalue weighted by Crippen LogP contribution is 2.18. The van der Waals surface area contributed by atoms with Gasteiger partial charge in [0.05, 0.1) is 5.38 Å². The van der Waals surface area contributed by atoms with E-state index >= 15 is 0 Å². The van der Waals surface area contributed by atoms with Gasteiger partial charge in [-0.25, -0.2) is 0 Å². The molecule has 1 aliphatic carbocycles. The van der Waals surface area contributed by atoms with Crippen molar-refractivity contribution >= 4 is 11.6 Å². The van der Waals surface area contributed by atoms with Crippen molar-refractivity contribution in [3.05, 3.63) is 23.9 Å². The number of rotatable bonds is 1. The van der Waals surface area contributed by atoms with E-state index in [4.69, 9.17) is 11.6 Å². The molecule has 0 aromatic rings. The predicted octanol–water partition coefficient (Wildman–Crippen LogP) is 1.34. The Bertz CT molecular complexity index is 229. The molecule has 1 heterocycles. The maximum Gasteiger partial charge on any atom is 0.0573 e. The third-order valence-electron chi connectivity index (χ3n) is 2.48. The molecule has 13 heavy (non-hydrogen) atoms. The maximum absolute atomic E-state index is 6.06. The van der Waals surface area contributed by atoms with E-state index in [9.17, 15) is 0 Å². The highest BCUT2D eigenvalue weighted by atomic mass is 35.5. The van der Waals surface area contributed by atoms with Crippen LogP contribution in [-0.2, 0) is 0 Å². The molecule has 1 saturated heterocycles. The van der Waals surface area contributed by atoms with Crippen LogP contribution in [0.3, 0.4) is 0 Å². The zero-order valence-corrected chi connectivity index (χ0v) is 8.43. The molecule has 3 heteroatoms. The molecule has 2 rings (SSSR count). The minimum atomic E-state index is 0.190. The molecular formula is C10H15ClN2. The molecule has 1 unspecified atom stereocenters. The summed E-state index contributed by atoms with van der Waals surface area (Å²) in [6.07, 6.45) is 7.48. The fourth-order valence-electron chi connectivity index (χ4n) is 1.76. The lowest BCUT2D eigenvalue weighted by Gasteiger charge is -2.31. The van der Waals surface area contributed by atoms with Crippen molar-refractivity contribution in [1.29, 1.82) is 0 Å². The van der Waals surface area contributed by atoms with Gasteiger partial charge in [-0.2, -0.15) is 0 Å². The number of nitrogens with one attached hydrogen (secondary N) is 1. The monoisotopic (exact) mass is 198 g/mol. The van der Waals surface area contributed by atoms with Crippen LogP contribution in [0.15, 0.2) is 23.9 Å². The zero-order valence-electron chi connectivity index (χ0n) is 7.67. The fourth-order valence-corrected chi connectivity index (χ4v) is 1.99. The number of nitrogens with zero attached hydrogens (tertiary/aromatic N) is 1. The summed E-state index contributed by atoms with van der Waals surface area (Å²) in [5.74, 6) is 0. The van der Waals surface area contributed by atoms with Gasteiger partial charge in [0.25, 0.3) is 0 Å². The van der Waals surface area contributed by atoms with Gasteiger partial charge >= 0.3 is 0 Å². The largest absolute Gasteiger partial charge is 0.369 e. The minimum Gasteiger partial charge on any atom is -0.369 e. The molecule has 2 aliphatic rings. The van der Waals surface area contributed by atoms with E-state index in [2.05, 4.69) is 28.4 Å². The van der Waals surface area contributed by atoms with E-state index in [1.807, 2.05) is 0 Å². The summed E-state index contributed by atoms with van der Waals surface area (Å²) >= 11 is 6.06. The summed E-state index contributed by atoms with van der Waals surface area (Å²) in [6.45, 7) is 4.36. The molecule has 0 bridgehead atoms. The average molecular weight is 199 g/mol. The third kappa shape index (κ3) is 2.26. The lowest BCUT2D eigenvalue weighted by molar-refractivity contribution is 0.305. The smallest absolute Gasteiger partial charge is 0.0573 e. The highest BCUT2D eigenvalue weighted by molar-refractivity contribution is 6.22. The van der Waals surface area contributed by atoms with E-state index in [0.717, 1.165) is 32.6 Å². The Labute approximate surface area is 84.2 Å². The van der Waals surface area contributed by atoms with Gasteiger partial charge in [-0.05, 0) is 18.6 Å². The first-order valence-electron chi connectivity index (χ1n) is 4.84. The second kappa shape index (κ2) is 4.16. The molecule has 0 aromatic heterocycles. The van der Waals surface area contributed by atoms with Crippen LogP contribution in [0.5, 0.6) is 0 Å². The topological polar surface area (TPSA) is 15.3 Å². The first-order chi connectivity index (χ1) is 6.36. The van der Waals surface area contributed by atoms with Crippen LogP contribution in [0, 0.1) is 0 Å². The van der Waals surface area contributed by atoms with E-state index in [1.165, 1.54) is 5.70 Å². The van der Waals surface area contributed by atoms with Gasteiger partial charge < -0.3 is 10.2 Å². The van der Waals surface area contributed by atoms with Crippen LogP contribution < -0.4 is 5.32 Å². The van der Waals surface area contributed by atoms with E-state index < -0.39 is 0 Å². The molecule has 0 spiro atoms. The third-order valence-corrected chi connectivity index (χ3v) is 2.79. The average Bonchev–Trinajstić information content (AvgIpc) is 2.19. The Morgan fingerprint density at radius 2 is 2.15 bits per heavy atom. The number of halogens is 1. The molecule has 2 nitrogen and oxygen atoms in total. The zero-order chi connectivity index (χ0) is 9.10. The van der Waals surface area contributed by atoms with Crippen LogP contribution >= 0.6 is 11.6 Å². The van der Waals surface area contributed by atoms with Crippen molar-refractivity contribution in [3.63, 3.8) is 0 Å². The molecule has 0 amide bonds. The van der Waals surface area contributed by atoms with E-state index in [0.29, 0.717) is 0 Å². The van der Waals surface area contributed by atoms with Gasteiger partial charge in [0.1, 0.15) is 0 Å². The van der Waals surface area contributed by atoms with Gasteiger partial charge in [-0.3, -0.25) is 0 Å². The first-order valence-corrected chi connectivity index (χ1v) is 5.28. The van der Waals surface area contributed by atoms with Crippen molar-refractivity contribution in [1.82, 2.24) is 10.2 Å². The van der Waals surface area contributed by atoms with Crippen molar-refractivity contribution in [2.45, 2.75) is 11.8 Å². The molecular weight excluding hydrogens is 184 g/mol. The Balaban J connectivity index is 2.02. The standard InChI is InChI=1S/C10H15ClN2/c11-9-2-1-3-10(8-9)13-6-4-12-5-7-13/h1,3,8-9,12H,2,4-7H2. The molecule has 72 valence electrons. The maximum atomic E-state index is 6.06. The summed E-state index contributed by atoms with van der Waals surface area (Å²) in [7, 11) is 0. The predicted molar refractivity (Wildman–Crippen MR) is 55.9 cm³/mol. The van der Waals surface area contributed by atoms with Gasteiger partial charge in [-0.15, -0.1) is 11.6 Å². The molecule has 0 aromatic carbocycles. The highest BCUT2D eigenvalue weighted by Gasteiger charge is 2.14. The second-order valence-electron chi connectivity index (χ2n) is 3.48. The lowest BCUT2D eigenvalue weighted by atomic mass is 10.1. The Kier molecular flexibility index (Phi) is 2.91. The van der Waals surface area contributed by atoms with Crippen molar-refractivity contribution in [2.75, 3.05) is 26.2 Å². The van der Waals surface area contributed by atoms with Crippen LogP contribution in [0.2, 0.25) is 0 Å². The Morgan fingerprint density at radius 3 is 2.85 bits per heavy atom. The van der Waals surface area contributed by atoms with Crippen molar-refractivity contribution < 1.29 is 0 Å². The molecule has 1 aliphatic heterocycles. The summed E-state index contributed by atoms with van der Waals surface area (Å²) in [6, 6.07) is 0. The summed E-state index contributed by atoms with van der Waals surface area (Å²) in [5.41, 5.74) is 1.30. The number of hydrogen-bond acceptors (Lipinski definition) is 2. The second-order valence-corrected chi connectivity index (χ2v) is 4.04. The van der Waals surface area contributed by atoms with Crippen LogP contribution in [0.1, 0.15) is 6.42 Å². The molecule has 1 atom stereocenters. The quantitative estimate of drug-likeness (QED) is 0.640. The number of piperazine rings is 1. The van der Waals surface area contributed by atoms with Crippen LogP contribution in [0.25, 0.3) is 0 Å². The van der Waals surface area contributed by atoms with Crippen LogP contribution in [0.4, 0.5) is 0 Å². The number of alkyl halides is 1. The van der Waals surface area contributed by atoms with Gasteiger partial charge in [-0.1, -0.05) is 6.08 Å². The first kappa shape index (κ1) is 9.10. The molecule has 0 radical (unpaired) electrons. The van der Waals surface area contributed by atoms with Crippen LogP contribution in [-0.4, -0.2) is 36.5 Å².